The van der Waals surface area contributed by atoms with E-state index in [-0.39, 0.29) is 0 Å². The summed E-state index contributed by atoms with van der Waals surface area (Å²) >= 11 is 1.42. The smallest absolute Gasteiger partial charge is 0.160 e. The third kappa shape index (κ3) is 8.21. The lowest BCUT2D eigenvalue weighted by atomic mass is 10.1. The minimum Gasteiger partial charge on any atom is -0.388 e. The van der Waals surface area contributed by atoms with Gasteiger partial charge in [0.05, 0.1) is 11.2 Å². The van der Waals surface area contributed by atoms with Gasteiger partial charge < -0.3 is 15.5 Å². The Bertz CT molecular complexity index is 896. The van der Waals surface area contributed by atoms with Crippen LogP contribution >= 0.6 is 11.3 Å². The number of aldehydes is 1. The average Bonchev–Trinajstić information content (AvgIpc) is 3.22. The number of thiophene rings is 1. The van der Waals surface area contributed by atoms with E-state index >= 15 is 0 Å². The number of anilines is 1. The van der Waals surface area contributed by atoms with Crippen molar-refractivity contribution in [3.63, 3.8) is 0 Å². The normalized spacial score (nSPS) is 19.3. The van der Waals surface area contributed by atoms with Crippen molar-refractivity contribution < 1.29 is 4.79 Å². The van der Waals surface area contributed by atoms with Gasteiger partial charge in [0.2, 0.25) is 0 Å². The first-order chi connectivity index (χ1) is 14.5. The van der Waals surface area contributed by atoms with E-state index in [9.17, 15) is 4.79 Å². The summed E-state index contributed by atoms with van der Waals surface area (Å²) in [4.78, 5) is 22.4. The number of allylic oxidation sites excluding steroid dienone is 3. The lowest BCUT2D eigenvalue weighted by Crippen LogP contribution is -2.09. The number of hydrogen-bond donors (Lipinski definition) is 2. The van der Waals surface area contributed by atoms with Gasteiger partial charge in [-0.3, -0.25) is 9.79 Å². The summed E-state index contributed by atoms with van der Waals surface area (Å²) in [6.45, 7) is 6.99. The van der Waals surface area contributed by atoms with Gasteiger partial charge in [-0.05, 0) is 30.3 Å². The summed E-state index contributed by atoms with van der Waals surface area (Å²) in [6.07, 6.45) is 14.7. The molecule has 1 unspecified atom stereocenters. The Morgan fingerprint density at radius 2 is 2.13 bits per heavy atom. The van der Waals surface area contributed by atoms with Crippen LogP contribution < -0.4 is 15.5 Å². The Morgan fingerprint density at radius 3 is 2.80 bits per heavy atom. The van der Waals surface area contributed by atoms with Gasteiger partial charge >= 0.3 is 0 Å². The zero-order chi connectivity index (χ0) is 22.4. The summed E-state index contributed by atoms with van der Waals surface area (Å²) in [7, 11) is 5.71. The molecule has 3 heterocycles. The molecule has 0 aromatic carbocycles. The Morgan fingerprint density at radius 1 is 1.37 bits per heavy atom. The fourth-order valence-corrected chi connectivity index (χ4v) is 3.40. The average molecular weight is 428 g/mol. The molecule has 1 aliphatic rings. The molecule has 0 saturated carbocycles. The molecule has 0 fully saturated rings. The maximum Gasteiger partial charge on any atom is 0.160 e. The zero-order valence-electron chi connectivity index (χ0n) is 18.7. The fraction of sp³-hybridized carbons (Fsp3) is 0.348. The third-order valence-corrected chi connectivity index (χ3v) is 4.85. The molecule has 2 N–H and O–H groups in total. The van der Waals surface area contributed by atoms with E-state index in [1.807, 2.05) is 51.2 Å². The molecule has 1 aliphatic heterocycles. The van der Waals surface area contributed by atoms with E-state index in [0.717, 1.165) is 39.3 Å². The van der Waals surface area contributed by atoms with Gasteiger partial charge in [0.15, 0.2) is 6.29 Å². The molecule has 3 rings (SSSR count). The van der Waals surface area contributed by atoms with Crippen molar-refractivity contribution in [1.82, 2.24) is 15.6 Å². The molecule has 2 aromatic rings. The highest BCUT2D eigenvalue weighted by Crippen LogP contribution is 2.29. The largest absolute Gasteiger partial charge is 0.388 e. The van der Waals surface area contributed by atoms with Crippen molar-refractivity contribution >= 4 is 39.9 Å². The Balaban J connectivity index is 0.000000277. The number of nitrogens with one attached hydrogen (secondary N) is 2. The predicted octanol–water partition coefficient (Wildman–Crippen LogP) is 4.63. The van der Waals surface area contributed by atoms with Crippen LogP contribution in [0.1, 0.15) is 30.4 Å². The fourth-order valence-electron chi connectivity index (χ4n) is 2.56. The van der Waals surface area contributed by atoms with Crippen LogP contribution in [0, 0.1) is 5.92 Å². The standard InChI is InChI=1S/C11H17N3.C10H10N2OS.C2H6/c1-10-5-7-13-6-3-4-11(8-10)14-9-12-2;1-12(2)9-3-4-11-10-8(9)5-7(6-13)14-10;1-2/h3-5,7-10,13H,6H2,1-2H3,(H,12,14);3-6H,1-2H3;1-2H3/b4-3-,7-5-,11-8+;;. The lowest BCUT2D eigenvalue weighted by molar-refractivity contribution is 0.112. The molecule has 0 saturated heterocycles. The van der Waals surface area contributed by atoms with Crippen LogP contribution in [0.15, 0.2) is 59.5 Å². The first kappa shape index (κ1) is 25.1. The molecule has 0 aliphatic carbocycles. The highest BCUT2D eigenvalue weighted by Gasteiger charge is 2.07. The van der Waals surface area contributed by atoms with E-state index in [2.05, 4.69) is 51.8 Å². The third-order valence-electron chi connectivity index (χ3n) is 3.88. The van der Waals surface area contributed by atoms with Crippen LogP contribution in [0.5, 0.6) is 0 Å². The lowest BCUT2D eigenvalue weighted by Gasteiger charge is -2.12. The van der Waals surface area contributed by atoms with Gasteiger partial charge in [-0.15, -0.1) is 11.3 Å². The highest BCUT2D eigenvalue weighted by molar-refractivity contribution is 7.20. The van der Waals surface area contributed by atoms with Gasteiger partial charge in [-0.2, -0.15) is 0 Å². The monoisotopic (exact) mass is 427 g/mol. The number of carbonyl (C=O) groups is 1. The molecule has 0 bridgehead atoms. The Kier molecular flexibility index (Phi) is 11.8. The quantitative estimate of drug-likeness (QED) is 0.423. The maximum absolute atomic E-state index is 10.6. The van der Waals surface area contributed by atoms with E-state index < -0.39 is 0 Å². The maximum atomic E-state index is 10.6. The van der Waals surface area contributed by atoms with Crippen LogP contribution in [0.2, 0.25) is 0 Å². The van der Waals surface area contributed by atoms with Crippen molar-refractivity contribution in [3.05, 3.63) is 59.4 Å². The van der Waals surface area contributed by atoms with Crippen molar-refractivity contribution in [2.45, 2.75) is 20.8 Å². The molecule has 30 heavy (non-hydrogen) atoms. The Labute approximate surface area is 184 Å². The van der Waals surface area contributed by atoms with Crippen LogP contribution in [0.4, 0.5) is 5.69 Å². The van der Waals surface area contributed by atoms with Crippen molar-refractivity contribution in [3.8, 4) is 0 Å². The second-order valence-electron chi connectivity index (χ2n) is 6.39. The molecule has 162 valence electrons. The van der Waals surface area contributed by atoms with Crippen LogP contribution in [-0.4, -0.2) is 45.3 Å². The minimum absolute atomic E-state index is 0.415. The number of aromatic nitrogens is 1. The van der Waals surface area contributed by atoms with Crippen LogP contribution in [0.3, 0.4) is 0 Å². The predicted molar refractivity (Wildman–Crippen MR) is 132 cm³/mol. The zero-order valence-corrected chi connectivity index (χ0v) is 19.5. The molecule has 7 heteroatoms. The second kappa shape index (κ2) is 14.1. The number of nitrogens with zero attached hydrogens (tertiary/aromatic N) is 3. The minimum atomic E-state index is 0.415. The first-order valence-corrected chi connectivity index (χ1v) is 10.8. The summed E-state index contributed by atoms with van der Waals surface area (Å²) in [6, 6.07) is 3.83. The summed E-state index contributed by atoms with van der Waals surface area (Å²) in [5, 5.41) is 7.34. The SMILES string of the molecule is CC.CN(C)c1ccnc2sc(C=O)cc12.CN=CNC1=C/C(C)/C=C\NC/C=C\1. The molecule has 1 atom stereocenters. The molecular weight excluding hydrogens is 394 g/mol. The number of carbonyl (C=O) groups excluding carboxylic acids is 1. The summed E-state index contributed by atoms with van der Waals surface area (Å²) in [5.74, 6) is 0.415. The van der Waals surface area contributed by atoms with Crippen LogP contribution in [0.25, 0.3) is 10.2 Å². The number of hydrogen-bond acceptors (Lipinski definition) is 6. The number of pyridine rings is 1. The van der Waals surface area contributed by atoms with Crippen molar-refractivity contribution in [1.29, 1.82) is 0 Å². The van der Waals surface area contributed by atoms with E-state index in [1.165, 1.54) is 11.3 Å². The molecular formula is C23H33N5OS. The number of aliphatic imine (C=N–C) groups is 1. The second-order valence-corrected chi connectivity index (χ2v) is 7.45. The summed E-state index contributed by atoms with van der Waals surface area (Å²) < 4.78 is 0. The van der Waals surface area contributed by atoms with Gasteiger partial charge in [0.1, 0.15) is 4.83 Å². The van der Waals surface area contributed by atoms with Crippen LogP contribution in [-0.2, 0) is 0 Å². The topological polar surface area (TPSA) is 69.6 Å². The number of fused-ring (bicyclic) bond motifs is 1. The van der Waals surface area contributed by atoms with Crippen molar-refractivity contribution in [2.75, 3.05) is 32.6 Å². The molecule has 0 spiro atoms. The van der Waals surface area contributed by atoms with Crippen molar-refractivity contribution in [2.24, 2.45) is 10.9 Å². The Hall–Kier alpha value is -2.93. The molecule has 0 amide bonds. The molecule has 0 radical (unpaired) electrons. The van der Waals surface area contributed by atoms with Gasteiger partial charge in [-0.1, -0.05) is 39.0 Å². The van der Waals surface area contributed by atoms with Gasteiger partial charge in [0.25, 0.3) is 0 Å². The summed E-state index contributed by atoms with van der Waals surface area (Å²) in [5.41, 5.74) is 2.18. The first-order valence-electron chi connectivity index (χ1n) is 10.0. The van der Waals surface area contributed by atoms with E-state index in [4.69, 9.17) is 0 Å². The van der Waals surface area contributed by atoms with Gasteiger partial charge in [-0.25, -0.2) is 4.98 Å². The van der Waals surface area contributed by atoms with E-state index in [1.54, 1.807) is 19.6 Å². The van der Waals surface area contributed by atoms with Gasteiger partial charge in [0, 0.05) is 50.7 Å². The number of rotatable bonds is 4. The molecule has 2 aromatic heterocycles. The highest BCUT2D eigenvalue weighted by atomic mass is 32.1. The molecule has 6 nitrogen and oxygen atoms in total. The van der Waals surface area contributed by atoms with E-state index in [0.29, 0.717) is 5.92 Å².